The Kier molecular flexibility index (Phi) is 4.89. The number of carbonyl (C=O) groups excluding carboxylic acids is 2. The SMILES string of the molecule is CC1Cc2cc(/C(O)=C3/C(=O)C(=O)N(c4ccccc4O)C3c3ccc(F)cc3)ccc2O1. The molecule has 0 radical (unpaired) electrons. The lowest BCUT2D eigenvalue weighted by Crippen LogP contribution is -2.29. The molecule has 1 saturated heterocycles. The van der Waals surface area contributed by atoms with Gasteiger partial charge < -0.3 is 14.9 Å². The summed E-state index contributed by atoms with van der Waals surface area (Å²) < 4.78 is 19.3. The first-order chi connectivity index (χ1) is 15.8. The Morgan fingerprint density at radius 2 is 1.79 bits per heavy atom. The number of nitrogens with zero attached hydrogens (tertiary/aromatic N) is 1. The number of phenols is 1. The molecule has 2 N–H and O–H groups in total. The zero-order valence-electron chi connectivity index (χ0n) is 17.7. The highest BCUT2D eigenvalue weighted by atomic mass is 19.1. The summed E-state index contributed by atoms with van der Waals surface area (Å²) in [5, 5.41) is 21.6. The Hall–Kier alpha value is -4.13. The van der Waals surface area contributed by atoms with E-state index < -0.39 is 23.5 Å². The summed E-state index contributed by atoms with van der Waals surface area (Å²) in [4.78, 5) is 27.4. The molecule has 2 heterocycles. The van der Waals surface area contributed by atoms with Crippen molar-refractivity contribution in [1.82, 2.24) is 0 Å². The van der Waals surface area contributed by atoms with E-state index in [1.54, 1.807) is 30.3 Å². The third-order valence-electron chi connectivity index (χ3n) is 5.94. The number of phenolic OH excluding ortho intramolecular Hbond substituents is 1. The number of halogens is 1. The van der Waals surface area contributed by atoms with Crippen LogP contribution in [0.25, 0.3) is 5.76 Å². The van der Waals surface area contributed by atoms with E-state index in [4.69, 9.17) is 4.74 Å². The number of fused-ring (bicyclic) bond motifs is 1. The molecule has 33 heavy (non-hydrogen) atoms. The summed E-state index contributed by atoms with van der Waals surface area (Å²) in [5.41, 5.74) is 1.65. The first-order valence-corrected chi connectivity index (χ1v) is 10.5. The first-order valence-electron chi connectivity index (χ1n) is 10.5. The van der Waals surface area contributed by atoms with Gasteiger partial charge in [0.2, 0.25) is 0 Å². The van der Waals surface area contributed by atoms with Crippen LogP contribution in [0.3, 0.4) is 0 Å². The molecule has 0 bridgehead atoms. The van der Waals surface area contributed by atoms with Crippen molar-refractivity contribution in [2.45, 2.75) is 25.5 Å². The van der Waals surface area contributed by atoms with Crippen LogP contribution in [0, 0.1) is 5.82 Å². The van der Waals surface area contributed by atoms with E-state index in [0.717, 1.165) is 10.5 Å². The third-order valence-corrected chi connectivity index (χ3v) is 5.94. The lowest BCUT2D eigenvalue weighted by molar-refractivity contribution is -0.132. The topological polar surface area (TPSA) is 87.1 Å². The van der Waals surface area contributed by atoms with Crippen LogP contribution in [0.15, 0.2) is 72.3 Å². The maximum absolute atomic E-state index is 13.6. The summed E-state index contributed by atoms with van der Waals surface area (Å²) in [7, 11) is 0. The molecule has 6 nitrogen and oxygen atoms in total. The van der Waals surface area contributed by atoms with Crippen molar-refractivity contribution in [1.29, 1.82) is 0 Å². The largest absolute Gasteiger partial charge is 0.507 e. The Morgan fingerprint density at radius 1 is 1.06 bits per heavy atom. The average molecular weight is 445 g/mol. The number of aliphatic hydroxyl groups excluding tert-OH is 1. The molecule has 2 aliphatic heterocycles. The zero-order chi connectivity index (χ0) is 23.3. The van der Waals surface area contributed by atoms with Crippen LogP contribution in [0.1, 0.15) is 29.7 Å². The minimum absolute atomic E-state index is 0.00301. The number of Topliss-reactive ketones (excluding diaryl/α,β-unsaturated/α-hetero) is 1. The second-order valence-electron chi connectivity index (χ2n) is 8.16. The minimum Gasteiger partial charge on any atom is -0.507 e. The number of ether oxygens (including phenoxy) is 1. The zero-order valence-corrected chi connectivity index (χ0v) is 17.7. The summed E-state index contributed by atoms with van der Waals surface area (Å²) in [5.74, 6) is -2.10. The lowest BCUT2D eigenvalue weighted by atomic mass is 9.94. The van der Waals surface area contributed by atoms with Crippen molar-refractivity contribution < 1.29 is 28.9 Å². The monoisotopic (exact) mass is 445 g/mol. The lowest BCUT2D eigenvalue weighted by Gasteiger charge is -2.26. The van der Waals surface area contributed by atoms with Gasteiger partial charge in [0.25, 0.3) is 11.7 Å². The summed E-state index contributed by atoms with van der Waals surface area (Å²) in [6.45, 7) is 1.94. The molecule has 166 valence electrons. The van der Waals surface area contributed by atoms with Crippen LogP contribution in [-0.2, 0) is 16.0 Å². The van der Waals surface area contributed by atoms with Crippen molar-refractivity contribution in [3.05, 3.63) is 94.8 Å². The number of hydrogen-bond donors (Lipinski definition) is 2. The summed E-state index contributed by atoms with van der Waals surface area (Å²) >= 11 is 0. The molecule has 5 rings (SSSR count). The number of aliphatic hydroxyl groups is 1. The van der Waals surface area contributed by atoms with Crippen LogP contribution in [0.4, 0.5) is 10.1 Å². The van der Waals surface area contributed by atoms with E-state index >= 15 is 0 Å². The number of anilines is 1. The highest BCUT2D eigenvalue weighted by molar-refractivity contribution is 6.51. The number of para-hydroxylation sites is 2. The summed E-state index contributed by atoms with van der Waals surface area (Å²) in [6.07, 6.45) is 0.660. The fourth-order valence-electron chi connectivity index (χ4n) is 4.43. The quantitative estimate of drug-likeness (QED) is 0.353. The van der Waals surface area contributed by atoms with Gasteiger partial charge in [0.1, 0.15) is 29.2 Å². The van der Waals surface area contributed by atoms with Gasteiger partial charge in [-0.15, -0.1) is 0 Å². The highest BCUT2D eigenvalue weighted by Crippen LogP contribution is 2.45. The number of ketones is 1. The van der Waals surface area contributed by atoms with Gasteiger partial charge in [-0.05, 0) is 60.5 Å². The van der Waals surface area contributed by atoms with Gasteiger partial charge in [-0.2, -0.15) is 0 Å². The van der Waals surface area contributed by atoms with Crippen molar-refractivity contribution >= 4 is 23.1 Å². The second kappa shape index (κ2) is 7.78. The molecular formula is C26H20FNO5. The predicted octanol–water partition coefficient (Wildman–Crippen LogP) is 4.48. The fraction of sp³-hybridized carbons (Fsp3) is 0.154. The van der Waals surface area contributed by atoms with Gasteiger partial charge in [0, 0.05) is 12.0 Å². The Balaban J connectivity index is 1.70. The van der Waals surface area contributed by atoms with Crippen LogP contribution < -0.4 is 9.64 Å². The molecular weight excluding hydrogens is 425 g/mol. The molecule has 0 aromatic heterocycles. The Bertz CT molecular complexity index is 1310. The number of carbonyl (C=O) groups is 2. The van der Waals surface area contributed by atoms with Crippen molar-refractivity contribution in [2.24, 2.45) is 0 Å². The van der Waals surface area contributed by atoms with Gasteiger partial charge in [0.05, 0.1) is 17.3 Å². The van der Waals surface area contributed by atoms with Gasteiger partial charge >= 0.3 is 0 Å². The molecule has 3 aromatic rings. The molecule has 1 amide bonds. The van der Waals surface area contributed by atoms with Crippen molar-refractivity contribution in [2.75, 3.05) is 4.90 Å². The molecule has 1 fully saturated rings. The molecule has 2 atom stereocenters. The highest BCUT2D eigenvalue weighted by Gasteiger charge is 2.47. The molecule has 3 aromatic carbocycles. The van der Waals surface area contributed by atoms with E-state index in [0.29, 0.717) is 23.3 Å². The number of aromatic hydroxyl groups is 1. The molecule has 7 heteroatoms. The van der Waals surface area contributed by atoms with Crippen LogP contribution in [0.5, 0.6) is 11.5 Å². The standard InChI is InChI=1S/C26H20FNO5/c1-14-12-17-13-16(8-11-21(17)33-14)24(30)22-23(15-6-9-18(27)10-7-15)28(26(32)25(22)31)19-4-2-3-5-20(19)29/h2-11,13-14,23,29-30H,12H2,1H3/b24-22-. The predicted molar refractivity (Wildman–Crippen MR) is 120 cm³/mol. The molecule has 0 saturated carbocycles. The Labute approximate surface area is 189 Å². The number of rotatable bonds is 3. The molecule has 0 aliphatic carbocycles. The summed E-state index contributed by atoms with van der Waals surface area (Å²) in [6, 6.07) is 15.5. The van der Waals surface area contributed by atoms with Crippen LogP contribution in [0.2, 0.25) is 0 Å². The van der Waals surface area contributed by atoms with Gasteiger partial charge in [-0.25, -0.2) is 4.39 Å². The van der Waals surface area contributed by atoms with E-state index in [2.05, 4.69) is 0 Å². The van der Waals surface area contributed by atoms with E-state index in [1.165, 1.54) is 36.4 Å². The Morgan fingerprint density at radius 3 is 2.52 bits per heavy atom. The van der Waals surface area contributed by atoms with Crippen molar-refractivity contribution in [3.63, 3.8) is 0 Å². The van der Waals surface area contributed by atoms with Crippen molar-refractivity contribution in [3.8, 4) is 11.5 Å². The van der Waals surface area contributed by atoms with Gasteiger partial charge in [-0.3, -0.25) is 14.5 Å². The number of amides is 1. The molecule has 2 unspecified atom stereocenters. The normalized spacial score (nSPS) is 21.2. The molecule has 2 aliphatic rings. The van der Waals surface area contributed by atoms with E-state index in [-0.39, 0.29) is 28.9 Å². The minimum atomic E-state index is -1.05. The van der Waals surface area contributed by atoms with Gasteiger partial charge in [0.15, 0.2) is 0 Å². The van der Waals surface area contributed by atoms with E-state index in [1.807, 2.05) is 6.92 Å². The first kappa shape index (κ1) is 20.8. The fourth-order valence-corrected chi connectivity index (χ4v) is 4.43. The van der Waals surface area contributed by atoms with Crippen LogP contribution in [-0.4, -0.2) is 28.0 Å². The van der Waals surface area contributed by atoms with Crippen LogP contribution >= 0.6 is 0 Å². The maximum atomic E-state index is 13.6. The second-order valence-corrected chi connectivity index (χ2v) is 8.16. The maximum Gasteiger partial charge on any atom is 0.300 e. The van der Waals surface area contributed by atoms with E-state index in [9.17, 15) is 24.2 Å². The van der Waals surface area contributed by atoms with Gasteiger partial charge in [-0.1, -0.05) is 24.3 Å². The number of benzene rings is 3. The molecule has 0 spiro atoms. The average Bonchev–Trinajstić information content (AvgIpc) is 3.30. The number of hydrogen-bond acceptors (Lipinski definition) is 5. The smallest absolute Gasteiger partial charge is 0.300 e. The third kappa shape index (κ3) is 3.42.